The Morgan fingerprint density at radius 3 is 2.42 bits per heavy atom. The van der Waals surface area contributed by atoms with Gasteiger partial charge in [0.2, 0.25) is 5.91 Å². The van der Waals surface area contributed by atoms with Crippen molar-refractivity contribution in [3.63, 3.8) is 0 Å². The van der Waals surface area contributed by atoms with Crippen LogP contribution in [-0.2, 0) is 11.3 Å². The highest BCUT2D eigenvalue weighted by molar-refractivity contribution is 5.88. The minimum Gasteiger partial charge on any atom is -0.394 e. The Balaban J connectivity index is 1.90. The molecule has 1 fully saturated rings. The molecule has 1 aromatic rings. The molecular formula is C15H22N2O2. The second kappa shape index (κ2) is 6.17. The average molecular weight is 262 g/mol. The van der Waals surface area contributed by atoms with Gasteiger partial charge in [0.05, 0.1) is 6.61 Å². The zero-order valence-electron chi connectivity index (χ0n) is 11.4. The van der Waals surface area contributed by atoms with Gasteiger partial charge in [0.1, 0.15) is 0 Å². The smallest absolute Gasteiger partial charge is 0.221 e. The molecule has 0 aromatic heterocycles. The van der Waals surface area contributed by atoms with E-state index < -0.39 is 0 Å². The van der Waals surface area contributed by atoms with Gasteiger partial charge in [0.15, 0.2) is 0 Å². The number of anilines is 1. The van der Waals surface area contributed by atoms with Gasteiger partial charge in [-0.25, -0.2) is 0 Å². The number of nitrogens with one attached hydrogen (secondary N) is 2. The van der Waals surface area contributed by atoms with E-state index in [-0.39, 0.29) is 18.1 Å². The molecule has 1 aromatic carbocycles. The molecular weight excluding hydrogens is 240 g/mol. The lowest BCUT2D eigenvalue weighted by Crippen LogP contribution is -2.45. The zero-order chi connectivity index (χ0) is 13.7. The molecule has 0 spiro atoms. The van der Waals surface area contributed by atoms with Gasteiger partial charge in [-0.3, -0.25) is 4.79 Å². The summed E-state index contributed by atoms with van der Waals surface area (Å²) in [5, 5.41) is 15.8. The van der Waals surface area contributed by atoms with Crippen molar-refractivity contribution in [2.24, 2.45) is 0 Å². The molecule has 0 atom stereocenters. The van der Waals surface area contributed by atoms with Gasteiger partial charge < -0.3 is 15.7 Å². The van der Waals surface area contributed by atoms with Crippen LogP contribution in [0.15, 0.2) is 24.3 Å². The SMILES string of the molecule is CC(=O)Nc1ccc(CNC2(CO)CCCC2)cc1. The molecule has 19 heavy (non-hydrogen) atoms. The predicted octanol–water partition coefficient (Wildman–Crippen LogP) is 2.04. The van der Waals surface area contributed by atoms with Gasteiger partial charge in [0, 0.05) is 24.7 Å². The second-order valence-electron chi connectivity index (χ2n) is 5.38. The predicted molar refractivity (Wildman–Crippen MR) is 75.9 cm³/mol. The summed E-state index contributed by atoms with van der Waals surface area (Å²) in [6.07, 6.45) is 4.48. The van der Waals surface area contributed by atoms with E-state index in [4.69, 9.17) is 0 Å². The third-order valence-electron chi connectivity index (χ3n) is 3.81. The maximum Gasteiger partial charge on any atom is 0.221 e. The Hall–Kier alpha value is -1.39. The number of rotatable bonds is 5. The Bertz CT molecular complexity index is 422. The number of hydrogen-bond donors (Lipinski definition) is 3. The Labute approximate surface area is 114 Å². The van der Waals surface area contributed by atoms with Gasteiger partial charge in [-0.2, -0.15) is 0 Å². The van der Waals surface area contributed by atoms with Crippen LogP contribution in [0.5, 0.6) is 0 Å². The lowest BCUT2D eigenvalue weighted by Gasteiger charge is -2.28. The lowest BCUT2D eigenvalue weighted by molar-refractivity contribution is -0.114. The number of carbonyl (C=O) groups excluding carboxylic acids is 1. The van der Waals surface area contributed by atoms with E-state index in [1.807, 2.05) is 24.3 Å². The van der Waals surface area contributed by atoms with Crippen LogP contribution in [-0.4, -0.2) is 23.2 Å². The van der Waals surface area contributed by atoms with E-state index in [1.165, 1.54) is 19.8 Å². The number of carbonyl (C=O) groups is 1. The molecule has 0 heterocycles. The molecule has 1 aliphatic carbocycles. The first kappa shape index (κ1) is 14.0. The molecule has 0 unspecified atom stereocenters. The van der Waals surface area contributed by atoms with Crippen molar-refractivity contribution >= 4 is 11.6 Å². The van der Waals surface area contributed by atoms with Crippen molar-refractivity contribution < 1.29 is 9.90 Å². The summed E-state index contributed by atoms with van der Waals surface area (Å²) in [7, 11) is 0. The Morgan fingerprint density at radius 1 is 1.26 bits per heavy atom. The summed E-state index contributed by atoms with van der Waals surface area (Å²) in [6, 6.07) is 7.80. The molecule has 0 saturated heterocycles. The van der Waals surface area contributed by atoms with Crippen molar-refractivity contribution in [3.8, 4) is 0 Å². The van der Waals surface area contributed by atoms with Crippen LogP contribution >= 0.6 is 0 Å². The summed E-state index contributed by atoms with van der Waals surface area (Å²) in [6.45, 7) is 2.46. The normalized spacial score (nSPS) is 17.4. The van der Waals surface area contributed by atoms with E-state index in [1.54, 1.807) is 0 Å². The van der Waals surface area contributed by atoms with E-state index in [9.17, 15) is 9.90 Å². The van der Waals surface area contributed by atoms with Gasteiger partial charge in [0.25, 0.3) is 0 Å². The highest BCUT2D eigenvalue weighted by atomic mass is 16.3. The van der Waals surface area contributed by atoms with Crippen molar-refractivity contribution in [3.05, 3.63) is 29.8 Å². The van der Waals surface area contributed by atoms with Crippen LogP contribution in [0, 0.1) is 0 Å². The molecule has 0 aliphatic heterocycles. The van der Waals surface area contributed by atoms with E-state index in [2.05, 4.69) is 10.6 Å². The maximum atomic E-state index is 10.9. The van der Waals surface area contributed by atoms with Gasteiger partial charge in [-0.15, -0.1) is 0 Å². The second-order valence-corrected chi connectivity index (χ2v) is 5.38. The average Bonchev–Trinajstić information content (AvgIpc) is 2.87. The van der Waals surface area contributed by atoms with E-state index in [0.717, 1.165) is 30.6 Å². The minimum absolute atomic E-state index is 0.0592. The van der Waals surface area contributed by atoms with Crippen LogP contribution in [0.1, 0.15) is 38.2 Å². The molecule has 4 heteroatoms. The van der Waals surface area contributed by atoms with Gasteiger partial charge >= 0.3 is 0 Å². The molecule has 1 saturated carbocycles. The summed E-state index contributed by atoms with van der Waals surface area (Å²) < 4.78 is 0. The summed E-state index contributed by atoms with van der Waals surface area (Å²) in [5.41, 5.74) is 1.89. The monoisotopic (exact) mass is 262 g/mol. The number of amides is 1. The molecule has 2 rings (SSSR count). The largest absolute Gasteiger partial charge is 0.394 e. The molecule has 4 nitrogen and oxygen atoms in total. The number of aliphatic hydroxyl groups is 1. The summed E-state index contributed by atoms with van der Waals surface area (Å²) >= 11 is 0. The van der Waals surface area contributed by atoms with Crippen LogP contribution < -0.4 is 10.6 Å². The lowest BCUT2D eigenvalue weighted by atomic mass is 9.98. The third kappa shape index (κ3) is 3.78. The third-order valence-corrected chi connectivity index (χ3v) is 3.81. The maximum absolute atomic E-state index is 10.9. The molecule has 0 bridgehead atoms. The highest BCUT2D eigenvalue weighted by Crippen LogP contribution is 2.29. The molecule has 3 N–H and O–H groups in total. The first-order valence-electron chi connectivity index (χ1n) is 6.86. The quantitative estimate of drug-likeness (QED) is 0.761. The Morgan fingerprint density at radius 2 is 1.89 bits per heavy atom. The molecule has 1 amide bonds. The van der Waals surface area contributed by atoms with Crippen molar-refractivity contribution in [1.29, 1.82) is 0 Å². The van der Waals surface area contributed by atoms with Crippen molar-refractivity contribution in [2.75, 3.05) is 11.9 Å². The fourth-order valence-corrected chi connectivity index (χ4v) is 2.64. The van der Waals surface area contributed by atoms with Crippen LogP contribution in [0.4, 0.5) is 5.69 Å². The summed E-state index contributed by atoms with van der Waals surface area (Å²) in [4.78, 5) is 10.9. The van der Waals surface area contributed by atoms with Crippen molar-refractivity contribution in [2.45, 2.75) is 44.7 Å². The topological polar surface area (TPSA) is 61.4 Å². The zero-order valence-corrected chi connectivity index (χ0v) is 11.4. The first-order chi connectivity index (χ1) is 9.13. The Kier molecular flexibility index (Phi) is 4.56. The molecule has 1 aliphatic rings. The number of hydrogen-bond acceptors (Lipinski definition) is 3. The fourth-order valence-electron chi connectivity index (χ4n) is 2.64. The van der Waals surface area contributed by atoms with Gasteiger partial charge in [-0.05, 0) is 30.5 Å². The highest BCUT2D eigenvalue weighted by Gasteiger charge is 2.32. The van der Waals surface area contributed by atoms with Crippen LogP contribution in [0.2, 0.25) is 0 Å². The fraction of sp³-hybridized carbons (Fsp3) is 0.533. The summed E-state index contributed by atoms with van der Waals surface area (Å²) in [5.74, 6) is -0.0592. The number of aliphatic hydroxyl groups excluding tert-OH is 1. The number of benzene rings is 1. The minimum atomic E-state index is -0.0870. The van der Waals surface area contributed by atoms with E-state index >= 15 is 0 Å². The first-order valence-corrected chi connectivity index (χ1v) is 6.86. The van der Waals surface area contributed by atoms with Crippen LogP contribution in [0.3, 0.4) is 0 Å². The van der Waals surface area contributed by atoms with Crippen molar-refractivity contribution in [1.82, 2.24) is 5.32 Å². The molecule has 0 radical (unpaired) electrons. The van der Waals surface area contributed by atoms with E-state index in [0.29, 0.717) is 0 Å². The van der Waals surface area contributed by atoms with Crippen LogP contribution in [0.25, 0.3) is 0 Å². The van der Waals surface area contributed by atoms with Gasteiger partial charge in [-0.1, -0.05) is 25.0 Å². The molecule has 104 valence electrons. The standard InChI is InChI=1S/C15H22N2O2/c1-12(19)17-14-6-4-13(5-7-14)10-16-15(11-18)8-2-3-9-15/h4-7,16,18H,2-3,8-11H2,1H3,(H,17,19).